The number of unbranched alkanes of at least 4 members (excludes halogenated alkanes) is 20. The summed E-state index contributed by atoms with van der Waals surface area (Å²) in [6.45, 7) is 1.54. The molecule has 0 bridgehead atoms. The number of nitrogens with one attached hydrogen (secondary N) is 1. The van der Waals surface area contributed by atoms with Gasteiger partial charge < -0.3 is 89.9 Å². The number of aliphatic hydroxyl groups is 11. The molecule has 0 spiro atoms. The predicted octanol–water partition coefficient (Wildman–Crippen LogP) is 8.49. The van der Waals surface area contributed by atoms with E-state index in [-0.39, 0.29) is 18.9 Å². The smallest absolute Gasteiger partial charge is 0.220 e. The lowest BCUT2D eigenvalue weighted by Gasteiger charge is -2.48. The second-order valence-corrected chi connectivity index (χ2v) is 23.9. The lowest BCUT2D eigenvalue weighted by atomic mass is 9.96. The van der Waals surface area contributed by atoms with Gasteiger partial charge in [-0.25, -0.2) is 0 Å². The number of rotatable bonds is 50. The zero-order chi connectivity index (χ0) is 64.7. The van der Waals surface area contributed by atoms with E-state index < -0.39 is 124 Å². The summed E-state index contributed by atoms with van der Waals surface area (Å²) >= 11 is 0. The van der Waals surface area contributed by atoms with Gasteiger partial charge in [0.1, 0.15) is 73.2 Å². The Morgan fingerprint density at radius 3 is 1.26 bits per heavy atom. The maximum atomic E-state index is 13.4. The van der Waals surface area contributed by atoms with E-state index in [0.717, 1.165) is 89.9 Å². The summed E-state index contributed by atoms with van der Waals surface area (Å²) in [5, 5.41) is 120. The van der Waals surface area contributed by atoms with Crippen molar-refractivity contribution in [2.24, 2.45) is 0 Å². The van der Waals surface area contributed by atoms with Gasteiger partial charge in [-0.1, -0.05) is 214 Å². The number of aliphatic hydroxyl groups excluding tert-OH is 11. The van der Waals surface area contributed by atoms with E-state index in [2.05, 4.69) is 104 Å². The van der Waals surface area contributed by atoms with Crippen LogP contribution in [0.4, 0.5) is 0 Å². The van der Waals surface area contributed by atoms with Crippen molar-refractivity contribution < 1.29 is 89.4 Å². The summed E-state index contributed by atoms with van der Waals surface area (Å²) in [4.78, 5) is 13.4. The second kappa shape index (κ2) is 51.2. The molecular weight excluding hydrogens is 1140 g/mol. The average molecular weight is 1260 g/mol. The summed E-state index contributed by atoms with van der Waals surface area (Å²) in [7, 11) is 0. The van der Waals surface area contributed by atoms with Gasteiger partial charge in [-0.15, -0.1) is 0 Å². The third kappa shape index (κ3) is 33.4. The summed E-state index contributed by atoms with van der Waals surface area (Å²) in [6.07, 6.45) is 39.8. The van der Waals surface area contributed by atoms with Gasteiger partial charge in [-0.2, -0.15) is 0 Å². The lowest BCUT2D eigenvalue weighted by Crippen LogP contribution is -2.66. The first-order valence-electron chi connectivity index (χ1n) is 34.0. The molecule has 3 aliphatic rings. The van der Waals surface area contributed by atoms with E-state index in [0.29, 0.717) is 12.8 Å². The lowest BCUT2D eigenvalue weighted by molar-refractivity contribution is -0.379. The third-order valence-electron chi connectivity index (χ3n) is 16.4. The van der Waals surface area contributed by atoms with Gasteiger partial charge in [-0.05, 0) is 83.5 Å². The molecule has 0 saturated carbocycles. The van der Waals surface area contributed by atoms with Gasteiger partial charge in [0.25, 0.3) is 0 Å². The van der Waals surface area contributed by atoms with Crippen LogP contribution in [0.3, 0.4) is 0 Å². The van der Waals surface area contributed by atoms with Gasteiger partial charge >= 0.3 is 0 Å². The van der Waals surface area contributed by atoms with Crippen LogP contribution >= 0.6 is 0 Å². The van der Waals surface area contributed by atoms with Gasteiger partial charge in [0.2, 0.25) is 5.91 Å². The molecule has 512 valence electrons. The SMILES string of the molecule is CC/C=C\C/C=C\C/C=C\C/C=C\C/C=C\C/C=C\CCCCCCCCCCCCCCCCC(=O)NC(COC1OC(CO)C(OC2OC(CO)C(OC3OC(CO)C(O)C(O)C3O)C(O)C2O)C(O)C1O)C(O)/C=C/CC/C=C/CCCCCCC. The van der Waals surface area contributed by atoms with Crippen LogP contribution in [0.1, 0.15) is 206 Å². The van der Waals surface area contributed by atoms with Crippen LogP contribution in [0.25, 0.3) is 0 Å². The fourth-order valence-electron chi connectivity index (χ4n) is 10.9. The summed E-state index contributed by atoms with van der Waals surface area (Å²) < 4.78 is 34.2. The summed E-state index contributed by atoms with van der Waals surface area (Å²) in [5.74, 6) is -0.292. The van der Waals surface area contributed by atoms with Gasteiger partial charge in [0.05, 0.1) is 38.6 Å². The third-order valence-corrected chi connectivity index (χ3v) is 16.4. The molecule has 0 aromatic carbocycles. The molecule has 0 aromatic heterocycles. The molecule has 1 amide bonds. The number of carbonyl (C=O) groups is 1. The molecule has 0 aliphatic carbocycles. The Labute approximate surface area is 533 Å². The fourth-order valence-corrected chi connectivity index (χ4v) is 10.9. The first-order valence-corrected chi connectivity index (χ1v) is 34.0. The van der Waals surface area contributed by atoms with Crippen molar-refractivity contribution >= 4 is 5.91 Å². The van der Waals surface area contributed by atoms with E-state index in [9.17, 15) is 61.0 Å². The van der Waals surface area contributed by atoms with Crippen molar-refractivity contribution in [3.8, 4) is 0 Å². The number of carbonyl (C=O) groups excluding carboxylic acids is 1. The molecule has 19 heteroatoms. The van der Waals surface area contributed by atoms with Crippen LogP contribution in [0.15, 0.2) is 97.2 Å². The Morgan fingerprint density at radius 1 is 0.416 bits per heavy atom. The first kappa shape index (κ1) is 79.9. The van der Waals surface area contributed by atoms with Crippen LogP contribution in [-0.2, 0) is 33.2 Å². The monoisotopic (exact) mass is 1260 g/mol. The van der Waals surface area contributed by atoms with E-state index in [1.807, 2.05) is 6.08 Å². The fraction of sp³-hybridized carbons (Fsp3) is 0.757. The zero-order valence-corrected chi connectivity index (χ0v) is 53.9. The van der Waals surface area contributed by atoms with E-state index in [4.69, 9.17) is 28.4 Å². The minimum Gasteiger partial charge on any atom is -0.394 e. The molecule has 89 heavy (non-hydrogen) atoms. The minimum atomic E-state index is -1.98. The van der Waals surface area contributed by atoms with Crippen LogP contribution in [-0.4, -0.2) is 193 Å². The molecule has 3 heterocycles. The first-order chi connectivity index (χ1) is 43.3. The maximum Gasteiger partial charge on any atom is 0.220 e. The molecule has 0 radical (unpaired) electrons. The van der Waals surface area contributed by atoms with Crippen molar-refractivity contribution in [1.29, 1.82) is 0 Å². The van der Waals surface area contributed by atoms with Crippen molar-refractivity contribution in [3.63, 3.8) is 0 Å². The van der Waals surface area contributed by atoms with Crippen molar-refractivity contribution in [2.75, 3.05) is 26.4 Å². The number of allylic oxidation sites excluding steroid dienone is 15. The molecule has 0 aromatic rings. The Hall–Kier alpha value is -3.29. The highest BCUT2D eigenvalue weighted by atomic mass is 16.8. The van der Waals surface area contributed by atoms with Gasteiger partial charge in [0.15, 0.2) is 18.9 Å². The van der Waals surface area contributed by atoms with Gasteiger partial charge in [0, 0.05) is 6.42 Å². The van der Waals surface area contributed by atoms with Crippen molar-refractivity contribution in [3.05, 3.63) is 97.2 Å². The summed E-state index contributed by atoms with van der Waals surface area (Å²) in [5.41, 5.74) is 0. The summed E-state index contributed by atoms with van der Waals surface area (Å²) in [6, 6.07) is -0.994. The van der Waals surface area contributed by atoms with E-state index in [1.165, 1.54) is 83.5 Å². The standard InChI is InChI=1S/C70H119NO18/c1-3-5-7-9-11-13-15-16-17-18-19-20-21-22-23-24-25-26-27-28-29-30-31-32-33-34-35-36-38-40-42-44-46-48-58(76)71-53(54(75)47-45-43-41-39-37-14-12-10-8-6-4-2)52-84-68-64(82)61(79)66(56(50-73)86-68)89-70-65(83)62(80)67(57(51-74)87-70)88-69-63(81)60(78)59(77)55(49-72)85-69/h5,7,11,13,16-17,19-20,22-23,25-26,37,39,45,47,53-57,59-70,72-75,77-83H,3-4,6,8-10,12,14-15,18,21,24,27-36,38,40-44,46,48-52H2,1-2H3,(H,71,76)/b7-5-,13-11-,17-16-,20-19-,23-22-,26-25-,39-37+,47-45+. The molecule has 3 rings (SSSR count). The van der Waals surface area contributed by atoms with Crippen molar-refractivity contribution in [2.45, 2.75) is 311 Å². The highest BCUT2D eigenvalue weighted by Crippen LogP contribution is 2.33. The predicted molar refractivity (Wildman–Crippen MR) is 346 cm³/mol. The number of ether oxygens (including phenoxy) is 6. The highest BCUT2D eigenvalue weighted by Gasteiger charge is 2.53. The molecule has 19 nitrogen and oxygen atoms in total. The molecule has 3 aliphatic heterocycles. The maximum absolute atomic E-state index is 13.4. The van der Waals surface area contributed by atoms with E-state index >= 15 is 0 Å². The number of amides is 1. The Kier molecular flexibility index (Phi) is 46.0. The second-order valence-electron chi connectivity index (χ2n) is 23.9. The molecule has 17 unspecified atom stereocenters. The van der Waals surface area contributed by atoms with Crippen LogP contribution < -0.4 is 5.32 Å². The van der Waals surface area contributed by atoms with Crippen molar-refractivity contribution in [1.82, 2.24) is 5.32 Å². The number of hydrogen-bond donors (Lipinski definition) is 12. The Balaban J connectivity index is 1.36. The molecule has 3 fully saturated rings. The van der Waals surface area contributed by atoms with E-state index in [1.54, 1.807) is 6.08 Å². The zero-order valence-electron chi connectivity index (χ0n) is 53.9. The van der Waals surface area contributed by atoms with Crippen LogP contribution in [0, 0.1) is 0 Å². The molecule has 12 N–H and O–H groups in total. The average Bonchev–Trinajstić information content (AvgIpc) is 1.33. The Morgan fingerprint density at radius 2 is 0.787 bits per heavy atom. The highest BCUT2D eigenvalue weighted by molar-refractivity contribution is 5.76. The molecule has 3 saturated heterocycles. The number of hydrogen-bond acceptors (Lipinski definition) is 18. The van der Waals surface area contributed by atoms with Crippen LogP contribution in [0.2, 0.25) is 0 Å². The Bertz CT molecular complexity index is 1990. The van der Waals surface area contributed by atoms with Crippen LogP contribution in [0.5, 0.6) is 0 Å². The quantitative estimate of drug-likeness (QED) is 0.0201. The largest absolute Gasteiger partial charge is 0.394 e. The molecule has 17 atom stereocenters. The molecular formula is C70H119NO18. The normalized spacial score (nSPS) is 28.8. The van der Waals surface area contributed by atoms with Gasteiger partial charge in [-0.3, -0.25) is 4.79 Å². The topological polar surface area (TPSA) is 307 Å². The minimum absolute atomic E-state index is 0.229.